The molecule has 0 radical (unpaired) electrons. The lowest BCUT2D eigenvalue weighted by Gasteiger charge is -2.30. The number of rotatable bonds is 7. The normalized spacial score (nSPS) is 24.4. The molecule has 216 valence electrons. The Morgan fingerprint density at radius 2 is 2.10 bits per heavy atom. The van der Waals surface area contributed by atoms with Gasteiger partial charge in [0.05, 0.1) is 19.2 Å². The second kappa shape index (κ2) is 10.6. The van der Waals surface area contributed by atoms with Crippen LogP contribution in [0.1, 0.15) is 24.9 Å². The highest BCUT2D eigenvalue weighted by Gasteiger charge is 2.41. The van der Waals surface area contributed by atoms with Gasteiger partial charge in [-0.25, -0.2) is 14.2 Å². The molecule has 6 rings (SSSR count). The fourth-order valence-corrected chi connectivity index (χ4v) is 5.79. The highest BCUT2D eigenvalue weighted by atomic mass is 19.1. The van der Waals surface area contributed by atoms with E-state index in [1.54, 1.807) is 22.9 Å². The zero-order chi connectivity index (χ0) is 28.7. The summed E-state index contributed by atoms with van der Waals surface area (Å²) in [4.78, 5) is 35.1. The summed E-state index contributed by atoms with van der Waals surface area (Å²) in [7, 11) is 0. The van der Waals surface area contributed by atoms with Gasteiger partial charge in [0.25, 0.3) is 0 Å². The quantitative estimate of drug-likeness (QED) is 0.322. The van der Waals surface area contributed by atoms with Gasteiger partial charge in [0.1, 0.15) is 23.4 Å². The predicted molar refractivity (Wildman–Crippen MR) is 144 cm³/mol. The van der Waals surface area contributed by atoms with Crippen molar-refractivity contribution in [3.63, 3.8) is 0 Å². The third-order valence-corrected chi connectivity index (χ3v) is 7.72. The summed E-state index contributed by atoms with van der Waals surface area (Å²) in [6, 6.07) is 8.08. The van der Waals surface area contributed by atoms with Gasteiger partial charge in [-0.3, -0.25) is 9.47 Å². The molecule has 14 heteroatoms. The minimum absolute atomic E-state index is 0.212. The number of hydrogen-bond donors (Lipinski definition) is 2. The Morgan fingerprint density at radius 1 is 1.24 bits per heavy atom. The number of benzene rings is 1. The van der Waals surface area contributed by atoms with Crippen molar-refractivity contribution >= 4 is 17.7 Å². The fraction of sp³-hybridized carbons (Fsp3) is 0.444. The van der Waals surface area contributed by atoms with E-state index in [4.69, 9.17) is 9.47 Å². The van der Waals surface area contributed by atoms with Crippen LogP contribution in [-0.2, 0) is 11.3 Å². The number of nitrogens with one attached hydrogen (secondary N) is 1. The number of aromatic nitrogens is 3. The number of cyclic esters (lactones) is 1. The molecule has 13 nitrogen and oxygen atoms in total. The summed E-state index contributed by atoms with van der Waals surface area (Å²) in [6.45, 7) is 6.02. The van der Waals surface area contributed by atoms with Crippen molar-refractivity contribution in [3.05, 3.63) is 64.2 Å². The minimum atomic E-state index is -0.764. The number of alkyl carbamates (subject to hydrolysis) is 1. The first-order valence-corrected chi connectivity index (χ1v) is 13.4. The molecule has 0 bridgehead atoms. The zero-order valence-electron chi connectivity index (χ0n) is 22.4. The summed E-state index contributed by atoms with van der Waals surface area (Å²) in [5, 5.41) is 23.0. The molecule has 2 N–H and O–H groups in total. The van der Waals surface area contributed by atoms with Crippen LogP contribution in [0.25, 0.3) is 11.1 Å². The first kappa shape index (κ1) is 26.9. The van der Waals surface area contributed by atoms with Crippen LogP contribution in [0, 0.1) is 15.9 Å². The van der Waals surface area contributed by atoms with E-state index < -0.39 is 34.6 Å². The molecule has 2 saturated heterocycles. The number of pyridine rings is 1. The van der Waals surface area contributed by atoms with E-state index in [0.717, 1.165) is 38.4 Å². The lowest BCUT2D eigenvalue weighted by Crippen LogP contribution is -2.46. The highest BCUT2D eigenvalue weighted by Crippen LogP contribution is 2.33. The summed E-state index contributed by atoms with van der Waals surface area (Å²) < 4.78 is 27.8. The number of ether oxygens (including phenoxy) is 2. The molecule has 5 heterocycles. The van der Waals surface area contributed by atoms with Crippen LogP contribution >= 0.6 is 0 Å². The van der Waals surface area contributed by atoms with Gasteiger partial charge in [-0.15, -0.1) is 0 Å². The van der Waals surface area contributed by atoms with E-state index in [1.807, 2.05) is 19.1 Å². The third-order valence-electron chi connectivity index (χ3n) is 7.72. The van der Waals surface area contributed by atoms with Crippen molar-refractivity contribution in [2.45, 2.75) is 37.6 Å². The predicted octanol–water partition coefficient (Wildman–Crippen LogP) is 2.50. The molecule has 41 heavy (non-hydrogen) atoms. The Kier molecular flexibility index (Phi) is 6.95. The number of amides is 1. The van der Waals surface area contributed by atoms with E-state index in [0.29, 0.717) is 29.8 Å². The SMILES string of the molecule is CC1(CN2CCCN(c3ccc(-c4ccc(C5NC(=O)OC5CO)cc4F)cn3)CC2)Cn2cc([N+](=O)[O-])nc2O1. The second-order valence-electron chi connectivity index (χ2n) is 10.8. The van der Waals surface area contributed by atoms with E-state index in [1.165, 1.54) is 12.3 Å². The number of carbonyl (C=O) groups is 1. The average Bonchev–Trinajstić information content (AvgIpc) is 3.54. The summed E-state index contributed by atoms with van der Waals surface area (Å²) in [5.41, 5.74) is 0.999. The largest absolute Gasteiger partial charge is 0.441 e. The van der Waals surface area contributed by atoms with Gasteiger partial charge in [0, 0.05) is 55.0 Å². The first-order valence-electron chi connectivity index (χ1n) is 13.4. The average molecular weight is 568 g/mol. The van der Waals surface area contributed by atoms with Crippen LogP contribution in [0.2, 0.25) is 0 Å². The number of halogens is 1. The summed E-state index contributed by atoms with van der Waals surface area (Å²) in [6.07, 6.45) is 2.58. The van der Waals surface area contributed by atoms with Crippen LogP contribution in [0.5, 0.6) is 6.01 Å². The summed E-state index contributed by atoms with van der Waals surface area (Å²) >= 11 is 0. The van der Waals surface area contributed by atoms with E-state index >= 15 is 4.39 Å². The third kappa shape index (κ3) is 5.39. The Labute approximate surface area is 234 Å². The molecule has 3 aliphatic heterocycles. The van der Waals surface area contributed by atoms with Crippen LogP contribution in [0.4, 0.5) is 20.8 Å². The molecule has 2 aromatic heterocycles. The number of fused-ring (bicyclic) bond motifs is 1. The number of nitro groups is 1. The van der Waals surface area contributed by atoms with Crippen molar-refractivity contribution in [2.24, 2.45) is 0 Å². The maximum absolute atomic E-state index is 15.1. The Balaban J connectivity index is 1.07. The standard InChI is InChI=1S/C27H30FN7O6/c1-27(16-34-13-23(35(38)39)30-25(34)41-27)15-32-7-2-8-33(10-9-32)22-6-4-18(12-29-22)19-5-3-17(11-20(19)28)24-21(14-36)40-26(37)31-24/h3-6,11-13,21,24,36H,2,7-10,14-16H2,1H3,(H,31,37). The topological polar surface area (TPSA) is 148 Å². The number of nitrogens with zero attached hydrogens (tertiary/aromatic N) is 6. The molecule has 0 aliphatic carbocycles. The molecule has 1 amide bonds. The van der Waals surface area contributed by atoms with Crippen molar-refractivity contribution in [3.8, 4) is 17.1 Å². The highest BCUT2D eigenvalue weighted by molar-refractivity contribution is 5.71. The van der Waals surface area contributed by atoms with Gasteiger partial charge in [0.2, 0.25) is 0 Å². The molecule has 3 aliphatic rings. The van der Waals surface area contributed by atoms with Gasteiger partial charge in [-0.05, 0) is 42.0 Å². The molecule has 3 aromatic rings. The van der Waals surface area contributed by atoms with Gasteiger partial charge in [-0.1, -0.05) is 12.1 Å². The van der Waals surface area contributed by atoms with E-state index in [-0.39, 0.29) is 18.4 Å². The molecule has 3 unspecified atom stereocenters. The van der Waals surface area contributed by atoms with Gasteiger partial charge >= 0.3 is 17.9 Å². The zero-order valence-corrected chi connectivity index (χ0v) is 22.4. The molecule has 2 fully saturated rings. The molecule has 0 saturated carbocycles. The lowest BCUT2D eigenvalue weighted by atomic mass is 9.98. The number of imidazole rings is 1. The number of aliphatic hydroxyl groups is 1. The Hall–Kier alpha value is -4.30. The molecule has 3 atom stereocenters. The van der Waals surface area contributed by atoms with Crippen molar-refractivity contribution in [1.29, 1.82) is 0 Å². The maximum atomic E-state index is 15.1. The molecular weight excluding hydrogens is 537 g/mol. The van der Waals surface area contributed by atoms with Crippen LogP contribution in [-0.4, -0.2) is 86.6 Å². The maximum Gasteiger partial charge on any atom is 0.415 e. The molecular formula is C27H30FN7O6. The van der Waals surface area contributed by atoms with E-state index in [2.05, 4.69) is 25.1 Å². The Bertz CT molecular complexity index is 1440. The number of anilines is 1. The van der Waals surface area contributed by atoms with Crippen LogP contribution in [0.3, 0.4) is 0 Å². The van der Waals surface area contributed by atoms with Crippen molar-refractivity contribution in [1.82, 2.24) is 24.8 Å². The number of hydrogen-bond acceptors (Lipinski definition) is 10. The van der Waals surface area contributed by atoms with Crippen molar-refractivity contribution < 1.29 is 28.7 Å². The summed E-state index contributed by atoms with van der Waals surface area (Å²) in [5.74, 6) is 0.135. The second-order valence-corrected chi connectivity index (χ2v) is 10.8. The molecule has 1 aromatic carbocycles. The first-order chi connectivity index (χ1) is 19.7. The number of carbonyl (C=O) groups excluding carboxylic acids is 1. The van der Waals surface area contributed by atoms with Gasteiger partial charge in [-0.2, -0.15) is 0 Å². The monoisotopic (exact) mass is 567 g/mol. The number of aliphatic hydroxyl groups excluding tert-OH is 1. The fourth-order valence-electron chi connectivity index (χ4n) is 5.79. The van der Waals surface area contributed by atoms with Crippen LogP contribution < -0.4 is 15.0 Å². The smallest absolute Gasteiger partial charge is 0.415 e. The van der Waals surface area contributed by atoms with Gasteiger partial charge < -0.3 is 34.9 Å². The van der Waals surface area contributed by atoms with Gasteiger partial charge in [0.15, 0.2) is 6.10 Å². The minimum Gasteiger partial charge on any atom is -0.441 e. The lowest BCUT2D eigenvalue weighted by molar-refractivity contribution is -0.389. The van der Waals surface area contributed by atoms with Crippen molar-refractivity contribution in [2.75, 3.05) is 44.2 Å². The Morgan fingerprint density at radius 3 is 2.80 bits per heavy atom. The molecule has 0 spiro atoms. The van der Waals surface area contributed by atoms with E-state index in [9.17, 15) is 20.0 Å². The van der Waals surface area contributed by atoms with Crippen LogP contribution in [0.15, 0.2) is 42.7 Å².